The summed E-state index contributed by atoms with van der Waals surface area (Å²) in [6.07, 6.45) is 11.0. The number of terminal acetylenes is 2. The van der Waals surface area contributed by atoms with E-state index in [1.165, 1.54) is 0 Å². The van der Waals surface area contributed by atoms with E-state index < -0.39 is 0 Å². The van der Waals surface area contributed by atoms with E-state index in [2.05, 4.69) is 35.5 Å². The third-order valence-corrected chi connectivity index (χ3v) is 3.81. The molecule has 0 saturated heterocycles. The van der Waals surface area contributed by atoms with Crippen LogP contribution >= 0.6 is 0 Å². The summed E-state index contributed by atoms with van der Waals surface area (Å²) in [7, 11) is 6.17. The molecule has 28 heavy (non-hydrogen) atoms. The van der Waals surface area contributed by atoms with Gasteiger partial charge in [0, 0.05) is 24.3 Å². The highest BCUT2D eigenvalue weighted by atomic mass is 16.5. The van der Waals surface area contributed by atoms with E-state index in [1.54, 1.807) is 52.7 Å². The molecule has 0 radical (unpaired) electrons. The average Bonchev–Trinajstić information content (AvgIpc) is 2.75. The Bertz CT molecular complexity index is 1000. The molecule has 0 amide bonds. The quantitative estimate of drug-likeness (QED) is 0.775. The Kier molecular flexibility index (Phi) is 6.88. The highest BCUT2D eigenvalue weighted by Gasteiger charge is 2.09. The molecular formula is C24H18O4. The van der Waals surface area contributed by atoms with Gasteiger partial charge in [-0.05, 0) is 23.7 Å². The van der Waals surface area contributed by atoms with E-state index in [0.717, 1.165) is 0 Å². The van der Waals surface area contributed by atoms with Gasteiger partial charge in [-0.15, -0.1) is 12.8 Å². The van der Waals surface area contributed by atoms with Crippen molar-refractivity contribution >= 4 is 0 Å². The van der Waals surface area contributed by atoms with E-state index in [4.69, 9.17) is 31.8 Å². The fourth-order valence-corrected chi connectivity index (χ4v) is 2.41. The van der Waals surface area contributed by atoms with Crippen LogP contribution in [0.5, 0.6) is 23.0 Å². The average molecular weight is 370 g/mol. The zero-order valence-electron chi connectivity index (χ0n) is 16.1. The van der Waals surface area contributed by atoms with Gasteiger partial charge in [0.15, 0.2) is 0 Å². The zero-order valence-corrected chi connectivity index (χ0v) is 16.1. The monoisotopic (exact) mass is 370 g/mol. The Morgan fingerprint density at radius 2 is 0.821 bits per heavy atom. The Hall–Kier alpha value is -4.12. The fourth-order valence-electron chi connectivity index (χ4n) is 2.41. The first-order valence-corrected chi connectivity index (χ1v) is 8.09. The highest BCUT2D eigenvalue weighted by molar-refractivity contribution is 5.61. The van der Waals surface area contributed by atoms with Crippen LogP contribution in [0.4, 0.5) is 0 Å². The maximum Gasteiger partial charge on any atom is 0.136 e. The molecular weight excluding hydrogens is 352 g/mol. The summed E-state index contributed by atoms with van der Waals surface area (Å²) >= 11 is 0. The molecule has 0 aromatic heterocycles. The van der Waals surface area contributed by atoms with Gasteiger partial charge in [0.2, 0.25) is 0 Å². The molecule has 0 aliphatic carbocycles. The third kappa shape index (κ3) is 4.34. The molecule has 4 nitrogen and oxygen atoms in total. The number of benzene rings is 2. The molecule has 0 spiro atoms. The SMILES string of the molecule is C#Cc1cc(OC)c(C#CC#Cc2cc(OC)c(C#C)cc2OC)cc1OC. The Morgan fingerprint density at radius 3 is 1.11 bits per heavy atom. The van der Waals surface area contributed by atoms with Crippen LogP contribution in [-0.4, -0.2) is 28.4 Å². The van der Waals surface area contributed by atoms with Gasteiger partial charge in [0.1, 0.15) is 23.0 Å². The first-order chi connectivity index (χ1) is 13.6. The first kappa shape index (κ1) is 20.2. The molecule has 0 heterocycles. The molecule has 0 atom stereocenters. The molecule has 2 aromatic rings. The van der Waals surface area contributed by atoms with Crippen molar-refractivity contribution in [2.45, 2.75) is 0 Å². The molecule has 0 N–H and O–H groups in total. The molecule has 0 aliphatic heterocycles. The molecule has 138 valence electrons. The van der Waals surface area contributed by atoms with Crippen LogP contribution in [0.25, 0.3) is 0 Å². The normalized spacial score (nSPS) is 8.79. The van der Waals surface area contributed by atoms with Crippen molar-refractivity contribution in [3.05, 3.63) is 46.5 Å². The second kappa shape index (κ2) is 9.54. The molecule has 0 bridgehead atoms. The van der Waals surface area contributed by atoms with Crippen molar-refractivity contribution in [2.75, 3.05) is 28.4 Å². The lowest BCUT2D eigenvalue weighted by atomic mass is 10.1. The van der Waals surface area contributed by atoms with Crippen molar-refractivity contribution in [1.82, 2.24) is 0 Å². The predicted molar refractivity (Wildman–Crippen MR) is 109 cm³/mol. The smallest absolute Gasteiger partial charge is 0.136 e. The minimum Gasteiger partial charge on any atom is -0.495 e. The minimum atomic E-state index is 0.539. The van der Waals surface area contributed by atoms with Crippen molar-refractivity contribution in [3.8, 4) is 71.4 Å². The molecule has 0 saturated carbocycles. The molecule has 0 aliphatic rings. The second-order valence-electron chi connectivity index (χ2n) is 5.29. The summed E-state index contributed by atoms with van der Waals surface area (Å²) in [4.78, 5) is 0. The van der Waals surface area contributed by atoms with E-state index in [1.807, 2.05) is 0 Å². The van der Waals surface area contributed by atoms with E-state index in [0.29, 0.717) is 45.3 Å². The van der Waals surface area contributed by atoms with Crippen LogP contribution in [-0.2, 0) is 0 Å². The van der Waals surface area contributed by atoms with Crippen LogP contribution < -0.4 is 18.9 Å². The summed E-state index contributed by atoms with van der Waals surface area (Å²) in [6, 6.07) is 6.83. The lowest BCUT2D eigenvalue weighted by Gasteiger charge is -2.08. The third-order valence-electron chi connectivity index (χ3n) is 3.81. The molecule has 0 unspecified atom stereocenters. The van der Waals surface area contributed by atoms with E-state index in [-0.39, 0.29) is 0 Å². The number of methoxy groups -OCH3 is 4. The fraction of sp³-hybridized carbons (Fsp3) is 0.167. The highest BCUT2D eigenvalue weighted by Crippen LogP contribution is 2.28. The summed E-state index contributed by atoms with van der Waals surface area (Å²) < 4.78 is 21.2. The van der Waals surface area contributed by atoms with Gasteiger partial charge >= 0.3 is 0 Å². The van der Waals surface area contributed by atoms with Crippen molar-refractivity contribution in [3.63, 3.8) is 0 Å². The van der Waals surface area contributed by atoms with Crippen LogP contribution in [0.15, 0.2) is 24.3 Å². The number of hydrogen-bond acceptors (Lipinski definition) is 4. The lowest BCUT2D eigenvalue weighted by Crippen LogP contribution is -1.94. The van der Waals surface area contributed by atoms with Gasteiger partial charge in [0.05, 0.1) is 50.7 Å². The van der Waals surface area contributed by atoms with Crippen molar-refractivity contribution in [2.24, 2.45) is 0 Å². The molecule has 2 aromatic carbocycles. The summed E-state index contributed by atoms with van der Waals surface area (Å²) in [6.45, 7) is 0. The van der Waals surface area contributed by atoms with Gasteiger partial charge in [-0.1, -0.05) is 11.8 Å². The summed E-state index contributed by atoms with van der Waals surface area (Å²) in [5, 5.41) is 0. The Morgan fingerprint density at radius 1 is 0.536 bits per heavy atom. The van der Waals surface area contributed by atoms with Crippen molar-refractivity contribution < 1.29 is 18.9 Å². The maximum absolute atomic E-state index is 5.48. The summed E-state index contributed by atoms with van der Waals surface area (Å²) in [5.74, 6) is 18.7. The number of ether oxygens (including phenoxy) is 4. The predicted octanol–water partition coefficient (Wildman–Crippen LogP) is 3.09. The maximum atomic E-state index is 5.48. The first-order valence-electron chi connectivity index (χ1n) is 8.09. The molecule has 0 fully saturated rings. The van der Waals surface area contributed by atoms with Crippen LogP contribution in [0.3, 0.4) is 0 Å². The molecule has 2 rings (SSSR count). The zero-order chi connectivity index (χ0) is 20.5. The number of hydrogen-bond donors (Lipinski definition) is 0. The van der Waals surface area contributed by atoms with Crippen LogP contribution in [0.2, 0.25) is 0 Å². The number of rotatable bonds is 4. The topological polar surface area (TPSA) is 36.9 Å². The minimum absolute atomic E-state index is 0.539. The van der Waals surface area contributed by atoms with E-state index >= 15 is 0 Å². The Balaban J connectivity index is 2.44. The van der Waals surface area contributed by atoms with Gasteiger partial charge in [0.25, 0.3) is 0 Å². The summed E-state index contributed by atoms with van der Waals surface area (Å²) in [5.41, 5.74) is 2.39. The molecule has 4 heteroatoms. The standard InChI is InChI=1S/C24H18O4/c1-7-17-13-23(27-5)19(15-21(17)25-3)11-9-10-12-20-16-22(26-4)18(8-2)14-24(20)28-6/h1-2,13-16H,3-6H3. The van der Waals surface area contributed by atoms with Gasteiger partial charge < -0.3 is 18.9 Å². The van der Waals surface area contributed by atoms with E-state index in [9.17, 15) is 0 Å². The van der Waals surface area contributed by atoms with Crippen LogP contribution in [0, 0.1) is 48.4 Å². The lowest BCUT2D eigenvalue weighted by molar-refractivity contribution is 0.401. The van der Waals surface area contributed by atoms with Gasteiger partial charge in [-0.3, -0.25) is 0 Å². The van der Waals surface area contributed by atoms with Crippen LogP contribution in [0.1, 0.15) is 22.3 Å². The van der Waals surface area contributed by atoms with Crippen molar-refractivity contribution in [1.29, 1.82) is 0 Å². The second-order valence-corrected chi connectivity index (χ2v) is 5.29. The Labute approximate surface area is 165 Å². The van der Waals surface area contributed by atoms with Gasteiger partial charge in [-0.2, -0.15) is 0 Å². The van der Waals surface area contributed by atoms with Gasteiger partial charge in [-0.25, -0.2) is 0 Å². The largest absolute Gasteiger partial charge is 0.495 e.